The van der Waals surface area contributed by atoms with E-state index in [1.54, 1.807) is 19.9 Å². The Kier molecular flexibility index (Phi) is 29.0. The van der Waals surface area contributed by atoms with Crippen LogP contribution >= 0.6 is 0 Å². The Labute approximate surface area is 605 Å². The summed E-state index contributed by atoms with van der Waals surface area (Å²) in [6, 6.07) is -10.3. The lowest BCUT2D eigenvalue weighted by Gasteiger charge is -2.46. The number of nitrogens with one attached hydrogen (secondary N) is 3. The van der Waals surface area contributed by atoms with Crippen LogP contribution in [0.3, 0.4) is 0 Å². The highest BCUT2D eigenvalue weighted by molar-refractivity contribution is 6.01. The number of nitrogens with zero attached hydrogens (tertiary/aromatic N) is 9. The first-order chi connectivity index (χ1) is 48.3. The minimum atomic E-state index is -5.16. The van der Waals surface area contributed by atoms with Crippen molar-refractivity contribution in [2.24, 2.45) is 47.3 Å². The smallest absolute Gasteiger partial charge is 0.347 e. The lowest BCUT2D eigenvalue weighted by molar-refractivity contribution is -0.219. The summed E-state index contributed by atoms with van der Waals surface area (Å²) in [6.45, 7) is 9.93. The number of fused-ring (bicyclic) bond motifs is 3. The molecule has 3 N–H and O–H groups in total. The van der Waals surface area contributed by atoms with Crippen LogP contribution in [0.4, 0.5) is 22.0 Å². The van der Waals surface area contributed by atoms with E-state index < -0.39 is 199 Å². The van der Waals surface area contributed by atoms with E-state index in [-0.39, 0.29) is 82.2 Å². The molecule has 2 saturated heterocycles. The highest BCUT2D eigenvalue weighted by atomic mass is 19.4. The number of likely N-dealkylation sites (N-methyl/N-ethyl adjacent to an activating group) is 7. The van der Waals surface area contributed by atoms with Crippen LogP contribution in [0.25, 0.3) is 0 Å². The summed E-state index contributed by atoms with van der Waals surface area (Å²) in [7, 11) is 11.4. The van der Waals surface area contributed by atoms with Crippen molar-refractivity contribution in [2.45, 2.75) is 255 Å². The molecule has 1 spiro atoms. The molecule has 29 heteroatoms. The molecule has 2 unspecified atom stereocenters. The Morgan fingerprint density at radius 2 is 1.26 bits per heavy atom. The lowest BCUT2D eigenvalue weighted by atomic mass is 9.74. The summed E-state index contributed by atoms with van der Waals surface area (Å²) < 4.78 is 72.6. The van der Waals surface area contributed by atoms with Gasteiger partial charge in [0.15, 0.2) is 0 Å². The average Bonchev–Trinajstić information content (AvgIpc) is 1.69. The molecular formula is C74H117F5N12O12. The second kappa shape index (κ2) is 35.9. The Balaban J connectivity index is 1.30. The van der Waals surface area contributed by atoms with Gasteiger partial charge >= 0.3 is 6.18 Å². The molecule has 6 fully saturated rings. The molecule has 4 aliphatic carbocycles. The van der Waals surface area contributed by atoms with E-state index in [0.717, 1.165) is 40.4 Å². The second-order valence-corrected chi connectivity index (χ2v) is 32.0. The largest absolute Gasteiger partial charge is 0.397 e. The van der Waals surface area contributed by atoms with Gasteiger partial charge in [-0.3, -0.25) is 57.5 Å². The maximum absolute atomic E-state index is 15.5. The topological polar surface area (TPSA) is 270 Å². The van der Waals surface area contributed by atoms with E-state index in [2.05, 4.69) is 22.9 Å². The zero-order valence-electron chi connectivity index (χ0n) is 63.2. The van der Waals surface area contributed by atoms with Crippen LogP contribution in [0.2, 0.25) is 0 Å². The van der Waals surface area contributed by atoms with Gasteiger partial charge in [-0.2, -0.15) is 13.2 Å². The minimum absolute atomic E-state index is 0.0216. The van der Waals surface area contributed by atoms with Crippen molar-refractivity contribution in [3.8, 4) is 0 Å². The maximum atomic E-state index is 15.5. The molecule has 2 bridgehead atoms. The SMILES string of the molecule is CC[C@H](C)[C@@H]1NC(=O)[C@H](CC(C)C)N(C)C(=O)C[C@@H](C(=O)N(C)C)N(C)C(=O)[C@H](C2CCCC2)N(C)C(=O)C2(CCC2)NC(=O)[C@@H]2C[C@@H](C)CN2C(=O)[C@H](CCC2CC(F)C(C(F)(F)F)C(F)C2)NC(=O)CN(C)C(=O)[C@H](CC2CCC(C)CC2)N2CC/C=C\C[C@@H](C2=O)N(C)C(=O)CN(C)C1=O. The molecule has 4 saturated carbocycles. The average molecular weight is 1460 g/mol. The van der Waals surface area contributed by atoms with Crippen LogP contribution in [-0.4, -0.2) is 270 Å². The Morgan fingerprint density at radius 3 is 1.83 bits per heavy atom. The summed E-state index contributed by atoms with van der Waals surface area (Å²) in [5.41, 5.74) is -1.60. The van der Waals surface area contributed by atoms with Crippen molar-refractivity contribution in [3.05, 3.63) is 12.2 Å². The van der Waals surface area contributed by atoms with Crippen LogP contribution in [0.1, 0.15) is 183 Å². The van der Waals surface area contributed by atoms with Gasteiger partial charge in [0.1, 0.15) is 72.1 Å². The summed E-state index contributed by atoms with van der Waals surface area (Å²) in [4.78, 5) is 192. The van der Waals surface area contributed by atoms with Crippen molar-refractivity contribution in [1.29, 1.82) is 0 Å². The third-order valence-electron chi connectivity index (χ3n) is 23.6. The third-order valence-corrected chi connectivity index (χ3v) is 23.6. The van der Waals surface area contributed by atoms with E-state index in [9.17, 15) is 41.9 Å². The van der Waals surface area contributed by atoms with E-state index in [0.29, 0.717) is 50.9 Å². The molecule has 0 aromatic carbocycles. The van der Waals surface area contributed by atoms with Crippen molar-refractivity contribution in [3.63, 3.8) is 0 Å². The first-order valence-electron chi connectivity index (χ1n) is 37.6. The number of rotatable bonds is 11. The number of halogens is 5. The third kappa shape index (κ3) is 20.1. The quantitative estimate of drug-likeness (QED) is 0.158. The summed E-state index contributed by atoms with van der Waals surface area (Å²) in [5.74, 6) is -13.2. The van der Waals surface area contributed by atoms with Crippen LogP contribution in [0.5, 0.6) is 0 Å². The second-order valence-electron chi connectivity index (χ2n) is 32.0. The highest BCUT2D eigenvalue weighted by Gasteiger charge is 2.56. The van der Waals surface area contributed by atoms with Gasteiger partial charge < -0.3 is 60.0 Å². The minimum Gasteiger partial charge on any atom is -0.347 e. The molecule has 103 heavy (non-hydrogen) atoms. The van der Waals surface area contributed by atoms with Gasteiger partial charge in [-0.05, 0) is 131 Å². The number of hydrogen-bond acceptors (Lipinski definition) is 12. The summed E-state index contributed by atoms with van der Waals surface area (Å²) in [6.07, 6.45) is -1.85. The van der Waals surface area contributed by atoms with E-state index in [1.807, 2.05) is 26.8 Å². The molecule has 0 aromatic heterocycles. The molecule has 0 aromatic rings. The molecule has 580 valence electrons. The van der Waals surface area contributed by atoms with Crippen LogP contribution in [0, 0.1) is 47.3 Å². The molecule has 3 heterocycles. The molecule has 7 rings (SSSR count). The molecular weight excluding hydrogens is 1340 g/mol. The number of hydrogen-bond donors (Lipinski definition) is 3. The number of carbonyl (C=O) groups excluding carboxylic acids is 12. The lowest BCUT2D eigenvalue weighted by Crippen LogP contribution is -2.68. The Bertz CT molecular complexity index is 3070. The van der Waals surface area contributed by atoms with Crippen molar-refractivity contribution in [2.75, 3.05) is 82.6 Å². The van der Waals surface area contributed by atoms with Crippen LogP contribution in [-0.2, 0) is 57.5 Å². The normalized spacial score (nSPS) is 32.8. The Morgan fingerprint density at radius 1 is 0.641 bits per heavy atom. The standard InChI is InChI=1S/C74H117F5N12O12/c1-15-46(6)62-70(101)85(10)42-60(94)86(11)53-24-17-16-20-33-90(69(53)100)57(38-47-27-25-44(4)26-28-47)68(99)84(9)41-58(92)80-52(30-29-48-36-50(75)61(51(76)37-48)74(77,78)79)66(97)91-40-45(5)35-55(91)65(96)82-73(31-21-32-73)72(103)89(14)63(49-22-18-19-23-49)71(102)88(13)56(67(98)83(7)8)39-59(93)87(12)54(34-43(2)3)64(95)81-62/h16-17,43-57,61-63H,15,18-42H2,1-14H3,(H,80,92)(H,81,95)(H,82,96)/b17-16-/t44?,45-,46+,47?,48?,50?,51?,52+,53+,54+,55+,56+,57+,61?,62+,63+/m1/s1. The van der Waals surface area contributed by atoms with Gasteiger partial charge in [0.05, 0.1) is 19.5 Å². The fourth-order valence-corrected chi connectivity index (χ4v) is 16.7. The summed E-state index contributed by atoms with van der Waals surface area (Å²) >= 11 is 0. The fraction of sp³-hybridized carbons (Fsp3) is 0.811. The first kappa shape index (κ1) is 83.3. The van der Waals surface area contributed by atoms with Crippen LogP contribution < -0.4 is 16.0 Å². The van der Waals surface area contributed by atoms with Crippen molar-refractivity contribution >= 4 is 70.9 Å². The van der Waals surface area contributed by atoms with Gasteiger partial charge in [0, 0.05) is 69.5 Å². The predicted molar refractivity (Wildman–Crippen MR) is 374 cm³/mol. The molecule has 24 nitrogen and oxygen atoms in total. The number of alkyl halides is 5. The molecule has 7 aliphatic rings. The Hall–Kier alpha value is -6.97. The van der Waals surface area contributed by atoms with Gasteiger partial charge in [0.25, 0.3) is 0 Å². The van der Waals surface area contributed by atoms with E-state index in [1.165, 1.54) is 85.8 Å². The molecule has 0 radical (unpaired) electrons. The highest BCUT2D eigenvalue weighted by Crippen LogP contribution is 2.45. The number of carbonyl (C=O) groups is 12. The van der Waals surface area contributed by atoms with Crippen LogP contribution in [0.15, 0.2) is 12.2 Å². The monoisotopic (exact) mass is 1460 g/mol. The van der Waals surface area contributed by atoms with Gasteiger partial charge in [-0.1, -0.05) is 98.6 Å². The van der Waals surface area contributed by atoms with Crippen molar-refractivity contribution < 1.29 is 79.5 Å². The zero-order valence-corrected chi connectivity index (χ0v) is 63.2. The molecule has 12 amide bonds. The van der Waals surface area contributed by atoms with E-state index in [4.69, 9.17) is 0 Å². The fourth-order valence-electron chi connectivity index (χ4n) is 16.7. The predicted octanol–water partition coefficient (Wildman–Crippen LogP) is 6.04. The molecule has 12 atom stereocenters. The van der Waals surface area contributed by atoms with Gasteiger partial charge in [-0.15, -0.1) is 0 Å². The molecule has 3 aliphatic heterocycles. The maximum Gasteiger partial charge on any atom is 0.397 e. The summed E-state index contributed by atoms with van der Waals surface area (Å²) in [5, 5.41) is 8.61. The van der Waals surface area contributed by atoms with Gasteiger partial charge in [0.2, 0.25) is 70.9 Å². The van der Waals surface area contributed by atoms with Crippen molar-refractivity contribution in [1.82, 2.24) is 60.0 Å². The van der Waals surface area contributed by atoms with E-state index >= 15 is 37.5 Å². The zero-order chi connectivity index (χ0) is 76.4. The van der Waals surface area contributed by atoms with Gasteiger partial charge in [-0.25, -0.2) is 8.78 Å². The number of amides is 12. The first-order valence-corrected chi connectivity index (χ1v) is 37.6.